The van der Waals surface area contributed by atoms with Gasteiger partial charge < -0.3 is 15.4 Å². The summed E-state index contributed by atoms with van der Waals surface area (Å²) in [6, 6.07) is 0.174. The smallest absolute Gasteiger partial charge is 0.227 e. The lowest BCUT2D eigenvalue weighted by Crippen LogP contribution is -2.47. The van der Waals surface area contributed by atoms with Crippen molar-refractivity contribution in [3.63, 3.8) is 0 Å². The lowest BCUT2D eigenvalue weighted by Gasteiger charge is -2.35. The first-order chi connectivity index (χ1) is 7.56. The van der Waals surface area contributed by atoms with E-state index in [9.17, 15) is 4.79 Å². The van der Waals surface area contributed by atoms with E-state index >= 15 is 0 Å². The molecule has 1 rings (SSSR count). The number of hydrogen-bond donors (Lipinski definition) is 1. The van der Waals surface area contributed by atoms with Crippen LogP contribution in [-0.4, -0.2) is 43.7 Å². The van der Waals surface area contributed by atoms with Gasteiger partial charge in [-0.2, -0.15) is 0 Å². The van der Waals surface area contributed by atoms with Crippen molar-refractivity contribution >= 4 is 5.91 Å². The second-order valence-electron chi connectivity index (χ2n) is 4.90. The van der Waals surface area contributed by atoms with Gasteiger partial charge in [-0.3, -0.25) is 4.79 Å². The molecule has 2 N–H and O–H groups in total. The van der Waals surface area contributed by atoms with E-state index in [0.29, 0.717) is 12.5 Å². The predicted octanol–water partition coefficient (Wildman–Crippen LogP) is 0.855. The Bertz CT molecular complexity index is 231. The summed E-state index contributed by atoms with van der Waals surface area (Å²) in [4.78, 5) is 14.0. The number of hydrogen-bond acceptors (Lipinski definition) is 3. The highest BCUT2D eigenvalue weighted by molar-refractivity contribution is 5.78. The molecule has 1 amide bonds. The summed E-state index contributed by atoms with van der Waals surface area (Å²) in [6.45, 7) is 6.12. The molecule has 94 valence electrons. The number of likely N-dealkylation sites (tertiary alicyclic amines) is 1. The summed E-state index contributed by atoms with van der Waals surface area (Å²) >= 11 is 0. The third-order valence-corrected chi connectivity index (χ3v) is 3.35. The molecule has 16 heavy (non-hydrogen) atoms. The van der Waals surface area contributed by atoms with Crippen molar-refractivity contribution in [3.05, 3.63) is 0 Å². The largest absolute Gasteiger partial charge is 0.384 e. The number of nitrogens with two attached hydrogens (primary N) is 1. The lowest BCUT2D eigenvalue weighted by molar-refractivity contribution is -0.138. The number of rotatable bonds is 4. The summed E-state index contributed by atoms with van der Waals surface area (Å²) in [5, 5.41) is 0. The molecule has 0 aromatic carbocycles. The van der Waals surface area contributed by atoms with Gasteiger partial charge in [0.15, 0.2) is 0 Å². The third-order valence-electron chi connectivity index (χ3n) is 3.35. The van der Waals surface area contributed by atoms with E-state index in [1.165, 1.54) is 0 Å². The highest BCUT2D eigenvalue weighted by atomic mass is 16.5. The summed E-state index contributed by atoms with van der Waals surface area (Å²) in [5.41, 5.74) is 5.90. The molecule has 1 saturated heterocycles. The van der Waals surface area contributed by atoms with Gasteiger partial charge in [0.25, 0.3) is 0 Å². The van der Waals surface area contributed by atoms with Crippen LogP contribution in [0.1, 0.15) is 26.7 Å². The van der Waals surface area contributed by atoms with Gasteiger partial charge in [-0.25, -0.2) is 0 Å². The lowest BCUT2D eigenvalue weighted by atomic mass is 9.91. The van der Waals surface area contributed by atoms with Gasteiger partial charge in [0.05, 0.1) is 12.5 Å². The van der Waals surface area contributed by atoms with Crippen molar-refractivity contribution in [2.75, 3.05) is 26.8 Å². The fourth-order valence-corrected chi connectivity index (χ4v) is 2.27. The first-order valence-electron chi connectivity index (χ1n) is 6.09. The normalized spacial score (nSPS) is 25.2. The molecular formula is C12H24N2O2. The fraction of sp³-hybridized carbons (Fsp3) is 0.917. The Balaban J connectivity index is 2.49. The number of ether oxygens (including phenoxy) is 1. The van der Waals surface area contributed by atoms with Gasteiger partial charge in [0, 0.05) is 26.2 Å². The van der Waals surface area contributed by atoms with Crippen LogP contribution in [0, 0.1) is 11.8 Å². The molecule has 3 unspecified atom stereocenters. The van der Waals surface area contributed by atoms with Crippen LogP contribution in [0.2, 0.25) is 0 Å². The molecule has 1 fully saturated rings. The van der Waals surface area contributed by atoms with Crippen molar-refractivity contribution in [2.45, 2.75) is 32.7 Å². The van der Waals surface area contributed by atoms with Crippen LogP contribution in [0.4, 0.5) is 0 Å². The van der Waals surface area contributed by atoms with E-state index in [1.54, 1.807) is 7.11 Å². The topological polar surface area (TPSA) is 55.6 Å². The number of carbonyl (C=O) groups is 1. The van der Waals surface area contributed by atoms with Crippen molar-refractivity contribution in [3.8, 4) is 0 Å². The van der Waals surface area contributed by atoms with Gasteiger partial charge in [0.2, 0.25) is 5.91 Å². The van der Waals surface area contributed by atoms with Crippen LogP contribution in [0.5, 0.6) is 0 Å². The Morgan fingerprint density at radius 3 is 2.81 bits per heavy atom. The van der Waals surface area contributed by atoms with Gasteiger partial charge in [-0.15, -0.1) is 0 Å². The van der Waals surface area contributed by atoms with E-state index < -0.39 is 0 Å². The number of piperidine rings is 1. The van der Waals surface area contributed by atoms with Gasteiger partial charge in [-0.1, -0.05) is 6.92 Å². The first-order valence-corrected chi connectivity index (χ1v) is 6.09. The van der Waals surface area contributed by atoms with Crippen LogP contribution >= 0.6 is 0 Å². The van der Waals surface area contributed by atoms with Gasteiger partial charge >= 0.3 is 0 Å². The number of methoxy groups -OCH3 is 1. The predicted molar refractivity (Wildman–Crippen MR) is 64.0 cm³/mol. The third kappa shape index (κ3) is 3.46. The Kier molecular flexibility index (Phi) is 5.22. The highest BCUT2D eigenvalue weighted by Gasteiger charge is 2.28. The molecule has 4 nitrogen and oxygen atoms in total. The fourth-order valence-electron chi connectivity index (χ4n) is 2.27. The first kappa shape index (κ1) is 13.5. The van der Waals surface area contributed by atoms with E-state index in [1.807, 2.05) is 18.7 Å². The minimum atomic E-state index is -0.0446. The second kappa shape index (κ2) is 6.21. The molecule has 0 radical (unpaired) electrons. The standard InChI is InChI=1S/C12H24N2O2/c1-9(8-16-3)12(15)14-6-4-5-11(7-14)10(2)13/h9-11H,4-8,13H2,1-3H3. The summed E-state index contributed by atoms with van der Waals surface area (Å²) in [6.07, 6.45) is 2.21. The Morgan fingerprint density at radius 2 is 2.25 bits per heavy atom. The van der Waals surface area contributed by atoms with Crippen molar-refractivity contribution < 1.29 is 9.53 Å². The average Bonchev–Trinajstić information content (AvgIpc) is 2.28. The maximum absolute atomic E-state index is 12.1. The van der Waals surface area contributed by atoms with Crippen molar-refractivity contribution in [2.24, 2.45) is 17.6 Å². The summed E-state index contributed by atoms with van der Waals surface area (Å²) < 4.78 is 5.02. The van der Waals surface area contributed by atoms with E-state index in [2.05, 4.69) is 0 Å². The quantitative estimate of drug-likeness (QED) is 0.776. The van der Waals surface area contributed by atoms with Crippen LogP contribution in [0.25, 0.3) is 0 Å². The second-order valence-corrected chi connectivity index (χ2v) is 4.90. The molecule has 0 aromatic heterocycles. The number of amides is 1. The molecule has 1 aliphatic rings. The minimum absolute atomic E-state index is 0.0446. The van der Waals surface area contributed by atoms with Crippen LogP contribution in [0.15, 0.2) is 0 Å². The maximum Gasteiger partial charge on any atom is 0.227 e. The molecule has 1 aliphatic heterocycles. The number of nitrogens with zero attached hydrogens (tertiary/aromatic N) is 1. The minimum Gasteiger partial charge on any atom is -0.384 e. The molecule has 0 spiro atoms. The monoisotopic (exact) mass is 228 g/mol. The molecule has 0 bridgehead atoms. The van der Waals surface area contributed by atoms with Crippen LogP contribution in [0.3, 0.4) is 0 Å². The zero-order chi connectivity index (χ0) is 12.1. The summed E-state index contributed by atoms with van der Waals surface area (Å²) in [7, 11) is 1.63. The SMILES string of the molecule is COCC(C)C(=O)N1CCCC(C(C)N)C1. The summed E-state index contributed by atoms with van der Waals surface area (Å²) in [5.74, 6) is 0.608. The van der Waals surface area contributed by atoms with Gasteiger partial charge in [-0.05, 0) is 25.7 Å². The zero-order valence-corrected chi connectivity index (χ0v) is 10.6. The van der Waals surface area contributed by atoms with Crippen LogP contribution in [-0.2, 0) is 9.53 Å². The Hall–Kier alpha value is -0.610. The molecule has 0 saturated carbocycles. The average molecular weight is 228 g/mol. The highest BCUT2D eigenvalue weighted by Crippen LogP contribution is 2.20. The molecule has 1 heterocycles. The molecule has 0 aromatic rings. The molecular weight excluding hydrogens is 204 g/mol. The Morgan fingerprint density at radius 1 is 1.56 bits per heavy atom. The van der Waals surface area contributed by atoms with E-state index in [0.717, 1.165) is 25.9 Å². The van der Waals surface area contributed by atoms with Crippen LogP contribution < -0.4 is 5.73 Å². The van der Waals surface area contributed by atoms with Crippen molar-refractivity contribution in [1.82, 2.24) is 4.90 Å². The molecule has 0 aliphatic carbocycles. The van der Waals surface area contributed by atoms with E-state index in [4.69, 9.17) is 10.5 Å². The number of carbonyl (C=O) groups excluding carboxylic acids is 1. The maximum atomic E-state index is 12.1. The van der Waals surface area contributed by atoms with Crippen molar-refractivity contribution in [1.29, 1.82) is 0 Å². The molecule has 4 heteroatoms. The Labute approximate surface area is 98.1 Å². The molecule has 3 atom stereocenters. The zero-order valence-electron chi connectivity index (χ0n) is 10.6. The van der Waals surface area contributed by atoms with Gasteiger partial charge in [0.1, 0.15) is 0 Å². The van der Waals surface area contributed by atoms with E-state index in [-0.39, 0.29) is 17.9 Å².